The van der Waals surface area contributed by atoms with E-state index in [1.54, 1.807) is 0 Å². The molecule has 4 aromatic rings. The van der Waals surface area contributed by atoms with Crippen molar-refractivity contribution in [1.29, 1.82) is 0 Å². The van der Waals surface area contributed by atoms with Crippen molar-refractivity contribution in [2.75, 3.05) is 0 Å². The van der Waals surface area contributed by atoms with Gasteiger partial charge in [0, 0.05) is 0 Å². The summed E-state index contributed by atoms with van der Waals surface area (Å²) in [7, 11) is 0. The number of carbonyl (C=O) groups excluding carboxylic acids is 4. The first-order valence-corrected chi connectivity index (χ1v) is 25.5. The topological polar surface area (TPSA) is 74.8 Å². The Labute approximate surface area is 289 Å². The average molecular weight is 760 g/mol. The predicted molar refractivity (Wildman–Crippen MR) is 192 cm³/mol. The van der Waals surface area contributed by atoms with Gasteiger partial charge in [-0.1, -0.05) is 0 Å². The molecule has 244 valence electrons. The van der Waals surface area contributed by atoms with E-state index >= 15 is 19.2 Å². The molecule has 1 aliphatic heterocycles. The third-order valence-corrected chi connectivity index (χ3v) is 41.4. The van der Waals surface area contributed by atoms with E-state index in [0.29, 0.717) is 22.3 Å². The fourth-order valence-corrected chi connectivity index (χ4v) is 49.0. The van der Waals surface area contributed by atoms with E-state index in [9.17, 15) is 0 Å². The normalized spacial score (nSPS) is 20.0. The molecule has 0 aromatic heterocycles. The molecule has 3 fully saturated rings. The van der Waals surface area contributed by atoms with E-state index in [1.165, 1.54) is 0 Å². The van der Waals surface area contributed by atoms with Crippen molar-refractivity contribution in [2.45, 2.75) is 76.3 Å². The second kappa shape index (κ2) is 14.2. The van der Waals surface area contributed by atoms with Crippen LogP contribution in [0.5, 0.6) is 0 Å². The first-order valence-electron chi connectivity index (χ1n) is 17.5. The Bertz CT molecular complexity index is 1530. The molecule has 0 unspecified atom stereocenters. The first-order chi connectivity index (χ1) is 23.5. The monoisotopic (exact) mass is 762 g/mol. The molecule has 1 saturated heterocycles. The standard InChI is InChI=1S/C40H42Ge2N2O4/c45-37(31-19-7-1-8-20-31)41(38(46)32-21-9-2-10-22-32)43(35-27-15-5-16-28-35)42(39(47)33-23-11-3-12-24-33,40(48)34-25-13-4-14-26-34)44(41)36-29-17-6-18-30-36/h1-4,7-14,19-26,35-36H,5-6,15-18,27-30H2. The quantitative estimate of drug-likeness (QED) is 0.154. The maximum atomic E-state index is 15.7. The van der Waals surface area contributed by atoms with Crippen LogP contribution in [0, 0.1) is 0 Å². The van der Waals surface area contributed by atoms with E-state index in [-0.39, 0.29) is 30.5 Å². The van der Waals surface area contributed by atoms with Crippen LogP contribution in [-0.2, 0) is 0 Å². The Morgan fingerprint density at radius 1 is 0.375 bits per heavy atom. The van der Waals surface area contributed by atoms with Gasteiger partial charge in [0.15, 0.2) is 0 Å². The molecule has 0 spiro atoms. The van der Waals surface area contributed by atoms with Gasteiger partial charge in [0.1, 0.15) is 0 Å². The second-order valence-electron chi connectivity index (χ2n) is 13.4. The SMILES string of the molecule is O=[C](c1ccccc1)[Ge]1([C](=O)c2ccccc2)[N](C2CCCCC2)[Ge]([C](=O)c2ccccc2)([C](=O)c2ccccc2)[N]1C1CCCCC1. The molecule has 2 aliphatic carbocycles. The van der Waals surface area contributed by atoms with Crippen LogP contribution in [0.2, 0.25) is 0 Å². The summed E-state index contributed by atoms with van der Waals surface area (Å²) in [6.45, 7) is 0. The third kappa shape index (κ3) is 5.41. The van der Waals surface area contributed by atoms with Gasteiger partial charge in [-0.2, -0.15) is 0 Å². The summed E-state index contributed by atoms with van der Waals surface area (Å²) < 4.78 is 3.82. The number of hydrogen-bond acceptors (Lipinski definition) is 6. The van der Waals surface area contributed by atoms with Crippen LogP contribution in [0.15, 0.2) is 121 Å². The number of benzene rings is 4. The molecular weight excluding hydrogens is 718 g/mol. The van der Waals surface area contributed by atoms with Crippen LogP contribution in [0.25, 0.3) is 0 Å². The van der Waals surface area contributed by atoms with Crippen molar-refractivity contribution < 1.29 is 19.2 Å². The predicted octanol–water partition coefficient (Wildman–Crippen LogP) is 7.84. The summed E-state index contributed by atoms with van der Waals surface area (Å²) in [6.07, 6.45) is 8.99. The molecule has 2 saturated carbocycles. The third-order valence-electron chi connectivity index (χ3n) is 10.7. The molecule has 0 atom stereocenters. The molecule has 1 heterocycles. The molecular formula is C40H42Ge2N2O4. The Kier molecular flexibility index (Phi) is 9.78. The average Bonchev–Trinajstić information content (AvgIpc) is 3.16. The van der Waals surface area contributed by atoms with Crippen molar-refractivity contribution in [2.24, 2.45) is 0 Å². The molecule has 48 heavy (non-hydrogen) atoms. The molecule has 0 bridgehead atoms. The zero-order valence-corrected chi connectivity index (χ0v) is 31.5. The zero-order valence-electron chi connectivity index (χ0n) is 27.3. The van der Waals surface area contributed by atoms with Crippen LogP contribution < -0.4 is 0 Å². The molecule has 0 radical (unpaired) electrons. The first kappa shape index (κ1) is 33.1. The van der Waals surface area contributed by atoms with Gasteiger partial charge < -0.3 is 0 Å². The van der Waals surface area contributed by atoms with Gasteiger partial charge in [0.05, 0.1) is 0 Å². The van der Waals surface area contributed by atoms with Crippen LogP contribution in [0.4, 0.5) is 0 Å². The molecule has 7 rings (SSSR count). The van der Waals surface area contributed by atoms with Gasteiger partial charge in [-0.25, -0.2) is 0 Å². The number of carbonyl (C=O) groups is 4. The van der Waals surface area contributed by atoms with E-state index < -0.39 is 27.4 Å². The van der Waals surface area contributed by atoms with Crippen molar-refractivity contribution in [3.05, 3.63) is 144 Å². The Hall–Kier alpha value is -3.43. The summed E-state index contributed by atoms with van der Waals surface area (Å²) in [5, 5.41) is 0. The van der Waals surface area contributed by atoms with Gasteiger partial charge in [0.25, 0.3) is 0 Å². The van der Waals surface area contributed by atoms with Gasteiger partial charge in [-0.3, -0.25) is 0 Å². The molecule has 6 nitrogen and oxygen atoms in total. The second-order valence-corrected chi connectivity index (χ2v) is 30.9. The fraction of sp³-hybridized carbons (Fsp3) is 0.300. The fourth-order valence-electron chi connectivity index (χ4n) is 8.64. The zero-order chi connectivity index (χ0) is 33.1. The van der Waals surface area contributed by atoms with E-state index in [4.69, 9.17) is 0 Å². The number of nitrogens with zero attached hydrogens (tertiary/aromatic N) is 2. The summed E-state index contributed by atoms with van der Waals surface area (Å²) in [4.78, 5) is 62.6. The molecule has 0 N–H and O–H groups in total. The van der Waals surface area contributed by atoms with Gasteiger partial charge in [-0.15, -0.1) is 0 Å². The Morgan fingerprint density at radius 2 is 0.604 bits per heavy atom. The Balaban J connectivity index is 1.59. The van der Waals surface area contributed by atoms with Crippen molar-refractivity contribution in [1.82, 2.24) is 5.63 Å². The van der Waals surface area contributed by atoms with Crippen molar-refractivity contribution in [3.8, 4) is 0 Å². The number of hydrogen-bond donors (Lipinski definition) is 0. The van der Waals surface area contributed by atoms with Crippen LogP contribution in [0.1, 0.15) is 106 Å². The van der Waals surface area contributed by atoms with Crippen molar-refractivity contribution in [3.63, 3.8) is 0 Å². The van der Waals surface area contributed by atoms with Gasteiger partial charge in [0.2, 0.25) is 0 Å². The van der Waals surface area contributed by atoms with Crippen LogP contribution >= 0.6 is 0 Å². The Morgan fingerprint density at radius 3 is 0.833 bits per heavy atom. The van der Waals surface area contributed by atoms with E-state index in [2.05, 4.69) is 5.63 Å². The summed E-state index contributed by atoms with van der Waals surface area (Å²) in [5.74, 6) is 0. The van der Waals surface area contributed by atoms with Crippen molar-refractivity contribution >= 4 is 45.9 Å². The molecule has 8 heteroatoms. The van der Waals surface area contributed by atoms with Gasteiger partial charge in [-0.05, 0) is 0 Å². The van der Waals surface area contributed by atoms with Crippen LogP contribution in [0.3, 0.4) is 0 Å². The maximum absolute atomic E-state index is 15.7. The minimum atomic E-state index is -4.98. The number of rotatable bonds is 10. The van der Waals surface area contributed by atoms with E-state index in [1.807, 2.05) is 121 Å². The summed E-state index contributed by atoms with van der Waals surface area (Å²) >= 11 is -9.96. The van der Waals surface area contributed by atoms with Gasteiger partial charge >= 0.3 is 291 Å². The summed E-state index contributed by atoms with van der Waals surface area (Å²) in [5.41, 5.74) is 2.00. The minimum absolute atomic E-state index is 0.149. The van der Waals surface area contributed by atoms with E-state index in [0.717, 1.165) is 64.2 Å². The molecule has 3 aliphatic rings. The summed E-state index contributed by atoms with van der Waals surface area (Å²) in [6, 6.07) is 36.5. The molecule has 0 amide bonds. The molecule has 4 aromatic carbocycles. The van der Waals surface area contributed by atoms with Crippen LogP contribution in [-0.4, -0.2) is 63.6 Å².